The number of carbonyl (C=O) groups excluding carboxylic acids is 1. The molecule has 2 aromatic carbocycles. The molecular formula is C21H21ClFNO2. The molecule has 3 rings (SSSR count). The van der Waals surface area contributed by atoms with Crippen molar-refractivity contribution in [3.63, 3.8) is 0 Å². The van der Waals surface area contributed by atoms with Gasteiger partial charge in [0.25, 0.3) is 0 Å². The highest BCUT2D eigenvalue weighted by Crippen LogP contribution is 2.22. The van der Waals surface area contributed by atoms with Crippen molar-refractivity contribution < 1.29 is 13.9 Å². The van der Waals surface area contributed by atoms with Crippen LogP contribution in [0.1, 0.15) is 36.8 Å². The Bertz CT molecular complexity index is 763. The van der Waals surface area contributed by atoms with E-state index in [1.165, 1.54) is 18.9 Å². The maximum Gasteiger partial charge on any atom is 0.244 e. The van der Waals surface area contributed by atoms with Gasteiger partial charge in [-0.05, 0) is 48.7 Å². The van der Waals surface area contributed by atoms with Crippen LogP contribution in [-0.4, -0.2) is 11.9 Å². The van der Waals surface area contributed by atoms with Crippen molar-refractivity contribution in [1.82, 2.24) is 5.32 Å². The van der Waals surface area contributed by atoms with Gasteiger partial charge in [0.05, 0.1) is 5.02 Å². The van der Waals surface area contributed by atoms with E-state index in [0.29, 0.717) is 22.4 Å². The van der Waals surface area contributed by atoms with E-state index in [0.717, 1.165) is 18.4 Å². The van der Waals surface area contributed by atoms with E-state index in [4.69, 9.17) is 16.3 Å². The molecule has 0 unspecified atom stereocenters. The Morgan fingerprint density at radius 1 is 1.19 bits per heavy atom. The standard InChI is InChI=1S/C21H21ClFNO2/c22-19-6-3-7-20(23)18(19)14-26-17-11-8-15(9-12-17)10-13-21(25)24-16-4-1-2-5-16/h3,6-13,16H,1-2,4-5,14H2,(H,24,25). The molecule has 1 saturated carbocycles. The number of carbonyl (C=O) groups is 1. The predicted molar refractivity (Wildman–Crippen MR) is 102 cm³/mol. The summed E-state index contributed by atoms with van der Waals surface area (Å²) < 4.78 is 19.3. The molecule has 1 amide bonds. The van der Waals surface area contributed by atoms with Crippen molar-refractivity contribution in [2.24, 2.45) is 0 Å². The van der Waals surface area contributed by atoms with E-state index in [1.807, 2.05) is 12.1 Å². The van der Waals surface area contributed by atoms with E-state index in [1.54, 1.807) is 36.4 Å². The molecule has 26 heavy (non-hydrogen) atoms. The molecule has 0 saturated heterocycles. The molecule has 0 atom stereocenters. The van der Waals surface area contributed by atoms with Gasteiger partial charge in [-0.2, -0.15) is 0 Å². The SMILES string of the molecule is O=C(C=Cc1ccc(OCc2c(F)cccc2Cl)cc1)NC1CCCC1. The van der Waals surface area contributed by atoms with Crippen LogP contribution >= 0.6 is 11.6 Å². The molecule has 0 aromatic heterocycles. The van der Waals surface area contributed by atoms with Crippen LogP contribution in [0.4, 0.5) is 4.39 Å². The van der Waals surface area contributed by atoms with Crippen molar-refractivity contribution in [1.29, 1.82) is 0 Å². The number of amides is 1. The lowest BCUT2D eigenvalue weighted by Gasteiger charge is -2.09. The average molecular weight is 374 g/mol. The Labute approximate surface area is 157 Å². The Morgan fingerprint density at radius 2 is 1.92 bits per heavy atom. The maximum atomic E-state index is 13.7. The summed E-state index contributed by atoms with van der Waals surface area (Å²) in [5, 5.41) is 3.36. The number of benzene rings is 2. The molecular weight excluding hydrogens is 353 g/mol. The molecule has 2 aromatic rings. The number of ether oxygens (including phenoxy) is 1. The van der Waals surface area contributed by atoms with E-state index >= 15 is 0 Å². The number of nitrogens with one attached hydrogen (secondary N) is 1. The lowest BCUT2D eigenvalue weighted by Crippen LogP contribution is -2.30. The number of rotatable bonds is 6. The lowest BCUT2D eigenvalue weighted by molar-refractivity contribution is -0.117. The van der Waals surface area contributed by atoms with E-state index in [2.05, 4.69) is 5.32 Å². The minimum atomic E-state index is -0.384. The zero-order valence-corrected chi connectivity index (χ0v) is 15.1. The number of hydrogen-bond acceptors (Lipinski definition) is 2. The fraction of sp³-hybridized carbons (Fsp3) is 0.286. The highest BCUT2D eigenvalue weighted by Gasteiger charge is 2.15. The zero-order chi connectivity index (χ0) is 18.4. The van der Waals surface area contributed by atoms with Crippen LogP contribution in [0.15, 0.2) is 48.5 Å². The molecule has 1 aliphatic carbocycles. The van der Waals surface area contributed by atoms with Gasteiger partial charge in [-0.15, -0.1) is 0 Å². The zero-order valence-electron chi connectivity index (χ0n) is 14.4. The minimum Gasteiger partial charge on any atom is -0.489 e. The quantitative estimate of drug-likeness (QED) is 0.713. The summed E-state index contributed by atoms with van der Waals surface area (Å²) in [6, 6.07) is 12.1. The second kappa shape index (κ2) is 8.86. The summed E-state index contributed by atoms with van der Waals surface area (Å²) in [7, 11) is 0. The Morgan fingerprint density at radius 3 is 2.62 bits per heavy atom. The minimum absolute atomic E-state index is 0.0600. The summed E-state index contributed by atoms with van der Waals surface area (Å²) in [6.07, 6.45) is 7.83. The molecule has 0 bridgehead atoms. The van der Waals surface area contributed by atoms with Crippen LogP contribution in [0.2, 0.25) is 5.02 Å². The van der Waals surface area contributed by atoms with Crippen molar-refractivity contribution in [2.45, 2.75) is 38.3 Å². The van der Waals surface area contributed by atoms with Crippen LogP contribution in [0, 0.1) is 5.82 Å². The number of hydrogen-bond donors (Lipinski definition) is 1. The first-order chi connectivity index (χ1) is 12.6. The topological polar surface area (TPSA) is 38.3 Å². The van der Waals surface area contributed by atoms with Gasteiger partial charge in [0, 0.05) is 17.7 Å². The fourth-order valence-corrected chi connectivity index (χ4v) is 3.21. The molecule has 136 valence electrons. The average Bonchev–Trinajstić information content (AvgIpc) is 3.13. The smallest absolute Gasteiger partial charge is 0.244 e. The first-order valence-corrected chi connectivity index (χ1v) is 9.14. The van der Waals surface area contributed by atoms with Crippen LogP contribution in [0.3, 0.4) is 0 Å². The molecule has 1 N–H and O–H groups in total. The van der Waals surface area contributed by atoms with Gasteiger partial charge in [0.15, 0.2) is 0 Å². The van der Waals surface area contributed by atoms with Crippen molar-refractivity contribution >= 4 is 23.6 Å². The van der Waals surface area contributed by atoms with Crippen LogP contribution in [0.5, 0.6) is 5.75 Å². The van der Waals surface area contributed by atoms with Crippen molar-refractivity contribution in [3.05, 3.63) is 70.5 Å². The van der Waals surface area contributed by atoms with E-state index in [9.17, 15) is 9.18 Å². The normalized spacial score (nSPS) is 14.7. The Balaban J connectivity index is 1.53. The molecule has 0 spiro atoms. The van der Waals surface area contributed by atoms with Crippen LogP contribution in [0.25, 0.3) is 6.08 Å². The summed E-state index contributed by atoms with van der Waals surface area (Å²) in [6.45, 7) is 0.0600. The molecule has 1 aliphatic rings. The second-order valence-electron chi connectivity index (χ2n) is 6.38. The summed E-state index contributed by atoms with van der Waals surface area (Å²) in [5.41, 5.74) is 1.23. The third kappa shape index (κ3) is 5.09. The predicted octanol–water partition coefficient (Wildman–Crippen LogP) is 5.13. The Hall–Kier alpha value is -2.33. The molecule has 0 heterocycles. The third-order valence-corrected chi connectivity index (χ3v) is 4.81. The monoisotopic (exact) mass is 373 g/mol. The maximum absolute atomic E-state index is 13.7. The largest absolute Gasteiger partial charge is 0.489 e. The molecule has 0 radical (unpaired) electrons. The van der Waals surface area contributed by atoms with Gasteiger partial charge in [-0.3, -0.25) is 4.79 Å². The van der Waals surface area contributed by atoms with E-state index in [-0.39, 0.29) is 18.3 Å². The van der Waals surface area contributed by atoms with Gasteiger partial charge in [0.1, 0.15) is 18.2 Å². The van der Waals surface area contributed by atoms with Gasteiger partial charge in [-0.25, -0.2) is 4.39 Å². The molecule has 5 heteroatoms. The first kappa shape index (κ1) is 18.5. The summed E-state index contributed by atoms with van der Waals surface area (Å²) >= 11 is 5.99. The van der Waals surface area contributed by atoms with Gasteiger partial charge >= 0.3 is 0 Å². The molecule has 0 aliphatic heterocycles. The fourth-order valence-electron chi connectivity index (χ4n) is 2.99. The Kier molecular flexibility index (Phi) is 6.29. The van der Waals surface area contributed by atoms with Crippen LogP contribution in [-0.2, 0) is 11.4 Å². The summed E-state index contributed by atoms with van der Waals surface area (Å²) in [5.74, 6) is 0.161. The number of halogens is 2. The van der Waals surface area contributed by atoms with Crippen molar-refractivity contribution in [2.75, 3.05) is 0 Å². The third-order valence-electron chi connectivity index (χ3n) is 4.45. The van der Waals surface area contributed by atoms with Gasteiger partial charge in [-0.1, -0.05) is 42.6 Å². The first-order valence-electron chi connectivity index (χ1n) is 8.76. The van der Waals surface area contributed by atoms with Gasteiger partial charge in [0.2, 0.25) is 5.91 Å². The lowest BCUT2D eigenvalue weighted by atomic mass is 10.2. The highest BCUT2D eigenvalue weighted by atomic mass is 35.5. The van der Waals surface area contributed by atoms with Crippen molar-refractivity contribution in [3.8, 4) is 5.75 Å². The highest BCUT2D eigenvalue weighted by molar-refractivity contribution is 6.31. The second-order valence-corrected chi connectivity index (χ2v) is 6.79. The summed E-state index contributed by atoms with van der Waals surface area (Å²) in [4.78, 5) is 11.9. The molecule has 1 fully saturated rings. The van der Waals surface area contributed by atoms with E-state index < -0.39 is 0 Å². The van der Waals surface area contributed by atoms with Crippen LogP contribution < -0.4 is 10.1 Å². The molecule has 3 nitrogen and oxygen atoms in total. The van der Waals surface area contributed by atoms with Gasteiger partial charge < -0.3 is 10.1 Å².